The Labute approximate surface area is 141 Å². The Morgan fingerprint density at radius 3 is 2.75 bits per heavy atom. The van der Waals surface area contributed by atoms with Crippen molar-refractivity contribution in [1.82, 2.24) is 0 Å². The van der Waals surface area contributed by atoms with Crippen molar-refractivity contribution in [3.63, 3.8) is 0 Å². The normalized spacial score (nSPS) is 25.3. The fraction of sp³-hybridized carbons (Fsp3) is 0.350. The molecule has 0 amide bonds. The van der Waals surface area contributed by atoms with Crippen molar-refractivity contribution >= 4 is 11.7 Å². The van der Waals surface area contributed by atoms with E-state index in [1.54, 1.807) is 12.1 Å². The third-order valence-electron chi connectivity index (χ3n) is 5.14. The van der Waals surface area contributed by atoms with Gasteiger partial charge in [-0.15, -0.1) is 0 Å². The Bertz CT molecular complexity index is 769. The average molecular weight is 323 g/mol. The van der Waals surface area contributed by atoms with E-state index in [0.717, 1.165) is 30.7 Å². The first-order chi connectivity index (χ1) is 11.6. The first-order valence-corrected chi connectivity index (χ1v) is 8.45. The molecule has 1 saturated heterocycles. The predicted octanol–water partition coefficient (Wildman–Crippen LogP) is 4.33. The highest BCUT2D eigenvalue weighted by atomic mass is 16.5. The molecule has 124 valence electrons. The van der Waals surface area contributed by atoms with Crippen LogP contribution in [0.1, 0.15) is 52.0 Å². The summed E-state index contributed by atoms with van der Waals surface area (Å²) in [5.41, 5.74) is 5.05. The van der Waals surface area contributed by atoms with E-state index in [1.165, 1.54) is 11.1 Å². The van der Waals surface area contributed by atoms with Crippen LogP contribution in [0.15, 0.2) is 42.5 Å². The lowest BCUT2D eigenvalue weighted by molar-refractivity contribution is -0.0381. The maximum atomic E-state index is 11.1. The van der Waals surface area contributed by atoms with Crippen molar-refractivity contribution in [3.8, 4) is 0 Å². The van der Waals surface area contributed by atoms with Crippen LogP contribution in [0.4, 0.5) is 5.69 Å². The van der Waals surface area contributed by atoms with Gasteiger partial charge in [0, 0.05) is 23.8 Å². The molecule has 24 heavy (non-hydrogen) atoms. The summed E-state index contributed by atoms with van der Waals surface area (Å²) in [6.45, 7) is 2.91. The molecule has 2 heterocycles. The third-order valence-corrected chi connectivity index (χ3v) is 5.14. The zero-order chi connectivity index (χ0) is 16.7. The fourth-order valence-corrected chi connectivity index (χ4v) is 3.95. The molecule has 4 nitrogen and oxygen atoms in total. The topological polar surface area (TPSA) is 58.6 Å². The van der Waals surface area contributed by atoms with Gasteiger partial charge in [-0.2, -0.15) is 0 Å². The second-order valence-electron chi connectivity index (χ2n) is 6.74. The molecular formula is C20H21NO3. The maximum absolute atomic E-state index is 11.1. The van der Waals surface area contributed by atoms with Crippen LogP contribution in [0.2, 0.25) is 0 Å². The molecule has 3 atom stereocenters. The second kappa shape index (κ2) is 5.95. The van der Waals surface area contributed by atoms with Crippen molar-refractivity contribution in [2.24, 2.45) is 5.92 Å². The van der Waals surface area contributed by atoms with Crippen molar-refractivity contribution in [2.75, 3.05) is 11.9 Å². The molecule has 0 bridgehead atoms. The summed E-state index contributed by atoms with van der Waals surface area (Å²) in [5, 5.41) is 12.8. The largest absolute Gasteiger partial charge is 0.478 e. The van der Waals surface area contributed by atoms with Gasteiger partial charge >= 0.3 is 5.97 Å². The van der Waals surface area contributed by atoms with Gasteiger partial charge in [-0.1, -0.05) is 29.8 Å². The van der Waals surface area contributed by atoms with E-state index in [1.807, 2.05) is 12.1 Å². The number of aromatic carboxylic acids is 1. The van der Waals surface area contributed by atoms with Crippen molar-refractivity contribution in [1.29, 1.82) is 0 Å². The molecule has 0 spiro atoms. The molecule has 2 aliphatic heterocycles. The van der Waals surface area contributed by atoms with Gasteiger partial charge in [0.15, 0.2) is 0 Å². The number of benzene rings is 2. The van der Waals surface area contributed by atoms with Crippen molar-refractivity contribution in [3.05, 3.63) is 64.7 Å². The van der Waals surface area contributed by atoms with Gasteiger partial charge in [-0.05, 0) is 43.5 Å². The number of nitrogens with one attached hydrogen (secondary N) is 1. The molecule has 2 N–H and O–H groups in total. The molecular weight excluding hydrogens is 302 g/mol. The van der Waals surface area contributed by atoms with Gasteiger partial charge in [-0.25, -0.2) is 4.79 Å². The summed E-state index contributed by atoms with van der Waals surface area (Å²) in [5.74, 6) is -0.526. The second-order valence-corrected chi connectivity index (χ2v) is 6.74. The highest BCUT2D eigenvalue weighted by Gasteiger charge is 2.39. The van der Waals surface area contributed by atoms with E-state index in [2.05, 4.69) is 30.4 Å². The van der Waals surface area contributed by atoms with Crippen LogP contribution < -0.4 is 5.32 Å². The number of carbonyl (C=O) groups is 1. The van der Waals surface area contributed by atoms with Crippen LogP contribution in [0.5, 0.6) is 0 Å². The minimum atomic E-state index is -0.891. The van der Waals surface area contributed by atoms with Crippen LogP contribution in [0.25, 0.3) is 0 Å². The highest BCUT2D eigenvalue weighted by Crippen LogP contribution is 2.49. The number of fused-ring (bicyclic) bond motifs is 3. The van der Waals surface area contributed by atoms with Gasteiger partial charge < -0.3 is 15.2 Å². The molecule has 0 unspecified atom stereocenters. The van der Waals surface area contributed by atoms with E-state index >= 15 is 0 Å². The molecule has 0 aliphatic carbocycles. The number of hydrogen-bond donors (Lipinski definition) is 2. The van der Waals surface area contributed by atoms with E-state index in [4.69, 9.17) is 9.84 Å². The zero-order valence-corrected chi connectivity index (χ0v) is 13.7. The average Bonchev–Trinajstić information content (AvgIpc) is 2.61. The molecule has 4 rings (SSSR count). The first-order valence-electron chi connectivity index (χ1n) is 8.45. The minimum absolute atomic E-state index is 0.110. The molecule has 4 heteroatoms. The predicted molar refractivity (Wildman–Crippen MR) is 92.4 cm³/mol. The number of anilines is 1. The van der Waals surface area contributed by atoms with Crippen molar-refractivity contribution in [2.45, 2.75) is 31.9 Å². The van der Waals surface area contributed by atoms with Crippen molar-refractivity contribution < 1.29 is 14.6 Å². The van der Waals surface area contributed by atoms with Crippen LogP contribution >= 0.6 is 0 Å². The van der Waals surface area contributed by atoms with Crippen LogP contribution in [0.3, 0.4) is 0 Å². The number of aryl methyl sites for hydroxylation is 1. The summed E-state index contributed by atoms with van der Waals surface area (Å²) in [6, 6.07) is 13.8. The molecule has 0 saturated carbocycles. The molecule has 2 aromatic carbocycles. The lowest BCUT2D eigenvalue weighted by Gasteiger charge is -2.43. The Kier molecular flexibility index (Phi) is 3.77. The van der Waals surface area contributed by atoms with Gasteiger partial charge in [0.25, 0.3) is 0 Å². The van der Waals surface area contributed by atoms with E-state index in [-0.39, 0.29) is 12.1 Å². The number of rotatable bonds is 2. The fourth-order valence-electron chi connectivity index (χ4n) is 3.95. The lowest BCUT2D eigenvalue weighted by Crippen LogP contribution is -2.36. The highest BCUT2D eigenvalue weighted by molar-refractivity contribution is 5.87. The first kappa shape index (κ1) is 15.2. The summed E-state index contributed by atoms with van der Waals surface area (Å²) < 4.78 is 6.14. The van der Waals surface area contributed by atoms with E-state index in [0.29, 0.717) is 11.5 Å². The molecule has 1 fully saturated rings. The number of carboxylic acids is 1. The minimum Gasteiger partial charge on any atom is -0.478 e. The SMILES string of the molecule is Cc1ccc2c(c1)[C@H]1OCCC[C@H]1[C@H](c1ccc(C(=O)O)cc1)N2. The summed E-state index contributed by atoms with van der Waals surface area (Å²) in [7, 11) is 0. The Balaban J connectivity index is 1.73. The molecule has 0 radical (unpaired) electrons. The van der Waals surface area contributed by atoms with Gasteiger partial charge in [0.2, 0.25) is 0 Å². The maximum Gasteiger partial charge on any atom is 0.335 e. The number of carboxylic acid groups (broad SMARTS) is 1. The number of ether oxygens (including phenoxy) is 1. The lowest BCUT2D eigenvalue weighted by atomic mass is 9.77. The third kappa shape index (κ3) is 2.57. The quantitative estimate of drug-likeness (QED) is 0.864. The van der Waals surface area contributed by atoms with E-state index in [9.17, 15) is 4.79 Å². The van der Waals surface area contributed by atoms with Gasteiger partial charge in [0.05, 0.1) is 17.7 Å². The zero-order valence-electron chi connectivity index (χ0n) is 13.7. The summed E-state index contributed by atoms with van der Waals surface area (Å²) in [4.78, 5) is 11.1. The Morgan fingerprint density at radius 2 is 2.00 bits per heavy atom. The Morgan fingerprint density at radius 1 is 1.21 bits per heavy atom. The molecule has 0 aromatic heterocycles. The molecule has 2 aromatic rings. The van der Waals surface area contributed by atoms with Crippen LogP contribution in [-0.2, 0) is 4.74 Å². The number of hydrogen-bond acceptors (Lipinski definition) is 3. The Hall–Kier alpha value is -2.33. The molecule has 2 aliphatic rings. The van der Waals surface area contributed by atoms with Gasteiger partial charge in [0.1, 0.15) is 0 Å². The summed E-state index contributed by atoms with van der Waals surface area (Å²) in [6.07, 6.45) is 2.28. The smallest absolute Gasteiger partial charge is 0.335 e. The van der Waals surface area contributed by atoms with E-state index < -0.39 is 5.97 Å². The summed E-state index contributed by atoms with van der Waals surface area (Å²) >= 11 is 0. The van der Waals surface area contributed by atoms with Gasteiger partial charge in [-0.3, -0.25) is 0 Å². The standard InChI is InChI=1S/C20H21NO3/c1-12-4-9-17-16(11-12)19-15(3-2-10-24-19)18(21-17)13-5-7-14(8-6-13)20(22)23/h4-9,11,15,18-19,21H,2-3,10H2,1H3,(H,22,23)/t15-,18-,19-/m0/s1. The van der Waals surface area contributed by atoms with Crippen LogP contribution in [0, 0.1) is 12.8 Å². The van der Waals surface area contributed by atoms with Crippen LogP contribution in [-0.4, -0.2) is 17.7 Å². The monoisotopic (exact) mass is 323 g/mol.